The first-order valence-electron chi connectivity index (χ1n) is 5.83. The third-order valence-corrected chi connectivity index (χ3v) is 2.42. The number of carboxylic acid groups (broad SMARTS) is 1. The molecule has 2 rings (SSSR count). The molecule has 0 radical (unpaired) electrons. The molecule has 0 saturated heterocycles. The molecule has 0 saturated carbocycles. The van der Waals surface area contributed by atoms with E-state index in [9.17, 15) is 9.59 Å². The zero-order valence-electron chi connectivity index (χ0n) is 10.7. The van der Waals surface area contributed by atoms with Gasteiger partial charge in [0.05, 0.1) is 5.69 Å². The van der Waals surface area contributed by atoms with E-state index < -0.39 is 5.97 Å². The first-order valence-corrected chi connectivity index (χ1v) is 5.83. The Bertz CT molecular complexity index is 638. The summed E-state index contributed by atoms with van der Waals surface area (Å²) in [7, 11) is 0. The largest absolute Gasteiger partial charge is 0.476 e. The Morgan fingerprint density at radius 1 is 1.45 bits per heavy atom. The molecule has 0 aliphatic heterocycles. The van der Waals surface area contributed by atoms with E-state index in [1.807, 2.05) is 0 Å². The maximum Gasteiger partial charge on any atom is 0.356 e. The Morgan fingerprint density at radius 2 is 2.25 bits per heavy atom. The summed E-state index contributed by atoms with van der Waals surface area (Å²) >= 11 is 0. The summed E-state index contributed by atoms with van der Waals surface area (Å²) in [6, 6.07) is 3.02. The number of anilines is 1. The van der Waals surface area contributed by atoms with E-state index in [4.69, 9.17) is 9.63 Å². The van der Waals surface area contributed by atoms with Crippen LogP contribution >= 0.6 is 0 Å². The van der Waals surface area contributed by atoms with Crippen molar-refractivity contribution in [1.82, 2.24) is 15.1 Å². The number of carboxylic acids is 1. The number of rotatable bonds is 5. The number of nitrogens with one attached hydrogen (secondary N) is 1. The monoisotopic (exact) mass is 276 g/mol. The number of aromatic carboxylic acids is 1. The van der Waals surface area contributed by atoms with Gasteiger partial charge in [-0.1, -0.05) is 5.16 Å². The number of pyridine rings is 1. The minimum atomic E-state index is -1.20. The lowest BCUT2D eigenvalue weighted by Gasteiger charge is -2.06. The summed E-state index contributed by atoms with van der Waals surface area (Å²) in [5.41, 5.74) is -0.0406. The van der Waals surface area contributed by atoms with Crippen LogP contribution in [0, 0.1) is 6.92 Å². The van der Waals surface area contributed by atoms with Gasteiger partial charge in [-0.25, -0.2) is 9.78 Å². The smallest absolute Gasteiger partial charge is 0.356 e. The zero-order valence-corrected chi connectivity index (χ0v) is 10.7. The van der Waals surface area contributed by atoms with Gasteiger partial charge < -0.3 is 14.9 Å². The second kappa shape index (κ2) is 5.91. The van der Waals surface area contributed by atoms with Crippen LogP contribution in [-0.4, -0.2) is 32.1 Å². The van der Waals surface area contributed by atoms with E-state index in [-0.39, 0.29) is 30.1 Å². The first-order chi connectivity index (χ1) is 9.56. The summed E-state index contributed by atoms with van der Waals surface area (Å²) in [5.74, 6) is -0.687. The molecule has 20 heavy (non-hydrogen) atoms. The molecule has 104 valence electrons. The van der Waals surface area contributed by atoms with E-state index >= 15 is 0 Å². The maximum atomic E-state index is 11.7. The average Bonchev–Trinajstić information content (AvgIpc) is 2.83. The highest BCUT2D eigenvalue weighted by molar-refractivity contribution is 5.99. The van der Waals surface area contributed by atoms with E-state index in [2.05, 4.69) is 20.4 Å². The molecule has 8 nitrogen and oxygen atoms in total. The molecule has 1 amide bonds. The van der Waals surface area contributed by atoms with Gasteiger partial charge in [0.1, 0.15) is 0 Å². The van der Waals surface area contributed by atoms with Gasteiger partial charge in [0.25, 0.3) is 0 Å². The SMILES string of the molecule is Cc1noc(CCC(=O)Nc2cccnc2C(=O)O)n1. The normalized spacial score (nSPS) is 10.2. The highest BCUT2D eigenvalue weighted by Crippen LogP contribution is 2.12. The molecular formula is C12H12N4O4. The topological polar surface area (TPSA) is 118 Å². The van der Waals surface area contributed by atoms with Crippen LogP contribution in [-0.2, 0) is 11.2 Å². The molecule has 0 spiro atoms. The molecule has 0 aromatic carbocycles. The van der Waals surface area contributed by atoms with Gasteiger partial charge in [-0.3, -0.25) is 4.79 Å². The summed E-state index contributed by atoms with van der Waals surface area (Å²) in [5, 5.41) is 15.0. The van der Waals surface area contributed by atoms with Crippen molar-refractivity contribution in [1.29, 1.82) is 0 Å². The highest BCUT2D eigenvalue weighted by atomic mass is 16.5. The molecule has 0 unspecified atom stereocenters. The number of aryl methyl sites for hydroxylation is 2. The fourth-order valence-electron chi connectivity index (χ4n) is 1.55. The van der Waals surface area contributed by atoms with E-state index in [1.165, 1.54) is 12.3 Å². The van der Waals surface area contributed by atoms with Gasteiger partial charge in [-0.15, -0.1) is 0 Å². The van der Waals surface area contributed by atoms with Crippen LogP contribution < -0.4 is 5.32 Å². The Kier molecular flexibility index (Phi) is 4.04. The van der Waals surface area contributed by atoms with Crippen molar-refractivity contribution in [3.63, 3.8) is 0 Å². The van der Waals surface area contributed by atoms with Crippen LogP contribution in [0.3, 0.4) is 0 Å². The van der Waals surface area contributed by atoms with Crippen molar-refractivity contribution in [2.24, 2.45) is 0 Å². The van der Waals surface area contributed by atoms with E-state index in [0.717, 1.165) is 0 Å². The number of carbonyl (C=O) groups excluding carboxylic acids is 1. The third kappa shape index (κ3) is 3.37. The van der Waals surface area contributed by atoms with Crippen molar-refractivity contribution in [2.75, 3.05) is 5.32 Å². The number of aromatic nitrogens is 3. The van der Waals surface area contributed by atoms with Crippen LogP contribution in [0.25, 0.3) is 0 Å². The molecule has 2 aromatic rings. The average molecular weight is 276 g/mol. The summed E-state index contributed by atoms with van der Waals surface area (Å²) < 4.78 is 4.88. The van der Waals surface area contributed by atoms with Crippen LogP contribution in [0.2, 0.25) is 0 Å². The van der Waals surface area contributed by atoms with Crippen LogP contribution in [0.5, 0.6) is 0 Å². The van der Waals surface area contributed by atoms with Gasteiger partial charge in [0.2, 0.25) is 11.8 Å². The number of amides is 1. The molecule has 0 aliphatic carbocycles. The minimum Gasteiger partial charge on any atom is -0.476 e. The van der Waals surface area contributed by atoms with Crippen LogP contribution in [0.15, 0.2) is 22.9 Å². The van der Waals surface area contributed by atoms with Crippen LogP contribution in [0.1, 0.15) is 28.6 Å². The lowest BCUT2D eigenvalue weighted by atomic mass is 10.2. The minimum absolute atomic E-state index is 0.107. The van der Waals surface area contributed by atoms with Gasteiger partial charge in [0, 0.05) is 19.0 Å². The molecule has 8 heteroatoms. The lowest BCUT2D eigenvalue weighted by Crippen LogP contribution is -2.16. The third-order valence-electron chi connectivity index (χ3n) is 2.42. The molecule has 0 fully saturated rings. The van der Waals surface area contributed by atoms with E-state index in [1.54, 1.807) is 13.0 Å². The maximum absolute atomic E-state index is 11.7. The van der Waals surface area contributed by atoms with Crippen molar-refractivity contribution < 1.29 is 19.2 Å². The second-order valence-electron chi connectivity index (χ2n) is 3.99. The van der Waals surface area contributed by atoms with Gasteiger partial charge in [-0.05, 0) is 19.1 Å². The van der Waals surface area contributed by atoms with Crippen molar-refractivity contribution in [2.45, 2.75) is 19.8 Å². The predicted molar refractivity (Wildman–Crippen MR) is 67.2 cm³/mol. The summed E-state index contributed by atoms with van der Waals surface area (Å²) in [6.45, 7) is 1.68. The molecule has 2 N–H and O–H groups in total. The highest BCUT2D eigenvalue weighted by Gasteiger charge is 2.14. The van der Waals surface area contributed by atoms with E-state index in [0.29, 0.717) is 11.7 Å². The first kappa shape index (κ1) is 13.7. The molecular weight excluding hydrogens is 264 g/mol. The van der Waals surface area contributed by atoms with Crippen molar-refractivity contribution in [3.8, 4) is 0 Å². The fourth-order valence-corrected chi connectivity index (χ4v) is 1.55. The van der Waals surface area contributed by atoms with Crippen molar-refractivity contribution >= 4 is 17.6 Å². The van der Waals surface area contributed by atoms with Gasteiger partial charge in [-0.2, -0.15) is 4.98 Å². The molecule has 0 bridgehead atoms. The van der Waals surface area contributed by atoms with Crippen molar-refractivity contribution in [3.05, 3.63) is 35.7 Å². The zero-order chi connectivity index (χ0) is 14.5. The molecule has 0 atom stereocenters. The number of hydrogen-bond donors (Lipinski definition) is 2. The molecule has 0 aliphatic rings. The standard InChI is InChI=1S/C12H12N4O4/c1-7-14-10(20-16-7)5-4-9(17)15-8-3-2-6-13-11(8)12(18)19/h2-3,6H,4-5H2,1H3,(H,15,17)(H,18,19). The fraction of sp³-hybridized carbons (Fsp3) is 0.250. The Hall–Kier alpha value is -2.77. The van der Waals surface area contributed by atoms with Crippen LogP contribution in [0.4, 0.5) is 5.69 Å². The molecule has 2 heterocycles. The number of carbonyl (C=O) groups is 2. The molecule has 2 aromatic heterocycles. The summed E-state index contributed by atoms with van der Waals surface area (Å²) in [6.07, 6.45) is 1.74. The Balaban J connectivity index is 1.96. The summed E-state index contributed by atoms with van der Waals surface area (Å²) in [4.78, 5) is 30.4. The van der Waals surface area contributed by atoms with Gasteiger partial charge in [0.15, 0.2) is 11.5 Å². The number of hydrogen-bond acceptors (Lipinski definition) is 6. The Labute approximate surface area is 113 Å². The number of nitrogens with zero attached hydrogens (tertiary/aromatic N) is 3. The van der Waals surface area contributed by atoms with Gasteiger partial charge >= 0.3 is 5.97 Å². The predicted octanol–water partition coefficient (Wildman–Crippen LogP) is 1.04. The quantitative estimate of drug-likeness (QED) is 0.837. The second-order valence-corrected chi connectivity index (χ2v) is 3.99. The lowest BCUT2D eigenvalue weighted by molar-refractivity contribution is -0.116. The Morgan fingerprint density at radius 3 is 2.90 bits per heavy atom.